The van der Waals surface area contributed by atoms with Crippen LogP contribution >= 0.6 is 11.6 Å². The Balaban J connectivity index is 2.22. The molecule has 0 saturated carbocycles. The van der Waals surface area contributed by atoms with E-state index in [2.05, 4.69) is 10.3 Å². The minimum Gasteiger partial charge on any atom is -0.497 e. The number of amides is 2. The number of ether oxygens (including phenoxy) is 1. The quantitative estimate of drug-likeness (QED) is 0.860. The molecular formula is C14H19ClN4O2. The molecule has 21 heavy (non-hydrogen) atoms. The Hall–Kier alpha value is -1.95. The zero-order chi connectivity index (χ0) is 15.4. The lowest BCUT2D eigenvalue weighted by Crippen LogP contribution is -2.36. The van der Waals surface area contributed by atoms with E-state index in [4.69, 9.17) is 16.3 Å². The number of hydrogen-bond acceptors (Lipinski definition) is 3. The van der Waals surface area contributed by atoms with E-state index < -0.39 is 0 Å². The number of nitrogens with one attached hydrogen (secondary N) is 1. The minimum absolute atomic E-state index is 0.121. The first-order chi connectivity index (χ1) is 10.1. The number of fused-ring (bicyclic) bond motifs is 1. The van der Waals surface area contributed by atoms with Gasteiger partial charge in [-0.15, -0.1) is 11.6 Å². The highest BCUT2D eigenvalue weighted by Gasteiger charge is 2.11. The molecule has 0 aliphatic carbocycles. The highest BCUT2D eigenvalue weighted by atomic mass is 35.5. The molecule has 0 atom stereocenters. The van der Waals surface area contributed by atoms with Gasteiger partial charge in [-0.25, -0.2) is 9.78 Å². The summed E-state index contributed by atoms with van der Waals surface area (Å²) in [4.78, 5) is 17.5. The van der Waals surface area contributed by atoms with Crippen LogP contribution in [-0.2, 0) is 12.4 Å². The summed E-state index contributed by atoms with van der Waals surface area (Å²) < 4.78 is 7.24. The molecule has 1 aromatic carbocycles. The first-order valence-electron chi connectivity index (χ1n) is 6.61. The van der Waals surface area contributed by atoms with Gasteiger partial charge in [-0.05, 0) is 12.1 Å². The third-order valence-corrected chi connectivity index (χ3v) is 3.41. The number of benzene rings is 1. The van der Waals surface area contributed by atoms with Crippen molar-refractivity contribution in [3.8, 4) is 5.75 Å². The Kier molecular flexibility index (Phi) is 4.90. The van der Waals surface area contributed by atoms with E-state index >= 15 is 0 Å². The van der Waals surface area contributed by atoms with Crippen LogP contribution < -0.4 is 10.1 Å². The van der Waals surface area contributed by atoms with Crippen molar-refractivity contribution in [3.05, 3.63) is 24.0 Å². The van der Waals surface area contributed by atoms with Crippen LogP contribution in [0.1, 0.15) is 5.82 Å². The van der Waals surface area contributed by atoms with E-state index in [1.54, 1.807) is 21.2 Å². The third-order valence-electron chi connectivity index (χ3n) is 3.17. The lowest BCUT2D eigenvalue weighted by molar-refractivity contribution is 0.217. The maximum absolute atomic E-state index is 11.5. The molecule has 1 heterocycles. The van der Waals surface area contributed by atoms with E-state index in [-0.39, 0.29) is 6.03 Å². The molecule has 114 valence electrons. The second-order valence-electron chi connectivity index (χ2n) is 4.79. The van der Waals surface area contributed by atoms with Gasteiger partial charge in [0, 0.05) is 33.3 Å². The first kappa shape index (κ1) is 15.4. The van der Waals surface area contributed by atoms with Gasteiger partial charge in [0.25, 0.3) is 0 Å². The van der Waals surface area contributed by atoms with Gasteiger partial charge in [-0.3, -0.25) is 0 Å². The number of imidazole rings is 1. The highest BCUT2D eigenvalue weighted by Crippen LogP contribution is 2.22. The fourth-order valence-electron chi connectivity index (χ4n) is 2.06. The van der Waals surface area contributed by atoms with Crippen LogP contribution in [0.4, 0.5) is 4.79 Å². The molecule has 6 nitrogen and oxygen atoms in total. The van der Waals surface area contributed by atoms with Crippen LogP contribution in [0, 0.1) is 0 Å². The van der Waals surface area contributed by atoms with Crippen molar-refractivity contribution in [2.45, 2.75) is 12.4 Å². The van der Waals surface area contributed by atoms with Crippen molar-refractivity contribution in [1.82, 2.24) is 19.8 Å². The molecule has 0 spiro atoms. The highest BCUT2D eigenvalue weighted by molar-refractivity contribution is 6.16. The summed E-state index contributed by atoms with van der Waals surface area (Å²) in [6.45, 7) is 1.11. The first-order valence-corrected chi connectivity index (χ1v) is 7.14. The molecule has 0 saturated heterocycles. The fourth-order valence-corrected chi connectivity index (χ4v) is 2.27. The molecule has 1 N–H and O–H groups in total. The van der Waals surface area contributed by atoms with E-state index in [1.807, 2.05) is 22.8 Å². The molecule has 7 heteroatoms. The smallest absolute Gasteiger partial charge is 0.316 e. The lowest BCUT2D eigenvalue weighted by Gasteiger charge is -2.13. The van der Waals surface area contributed by atoms with E-state index in [9.17, 15) is 4.79 Å². The largest absolute Gasteiger partial charge is 0.497 e. The van der Waals surface area contributed by atoms with Gasteiger partial charge in [0.15, 0.2) is 0 Å². The summed E-state index contributed by atoms with van der Waals surface area (Å²) in [6, 6.07) is 5.57. The summed E-state index contributed by atoms with van der Waals surface area (Å²) in [6.07, 6.45) is 0. The van der Waals surface area contributed by atoms with Crippen LogP contribution in [-0.4, -0.2) is 48.2 Å². The molecular weight excluding hydrogens is 292 g/mol. The van der Waals surface area contributed by atoms with E-state index in [0.29, 0.717) is 19.0 Å². The monoisotopic (exact) mass is 310 g/mol. The molecule has 0 radical (unpaired) electrons. The number of methoxy groups -OCH3 is 1. The second-order valence-corrected chi connectivity index (χ2v) is 5.06. The summed E-state index contributed by atoms with van der Waals surface area (Å²) >= 11 is 5.96. The summed E-state index contributed by atoms with van der Waals surface area (Å²) in [5, 5.41) is 2.83. The van der Waals surface area contributed by atoms with Crippen molar-refractivity contribution in [2.75, 3.05) is 27.7 Å². The molecule has 0 bridgehead atoms. The number of alkyl halides is 1. The Labute approximate surface area is 128 Å². The number of urea groups is 1. The number of carbonyl (C=O) groups excluding carboxylic acids is 1. The van der Waals surface area contributed by atoms with Gasteiger partial charge in [0.1, 0.15) is 11.6 Å². The maximum Gasteiger partial charge on any atom is 0.316 e. The van der Waals surface area contributed by atoms with Gasteiger partial charge < -0.3 is 19.5 Å². The van der Waals surface area contributed by atoms with Crippen molar-refractivity contribution in [1.29, 1.82) is 0 Å². The molecule has 1 aromatic heterocycles. The van der Waals surface area contributed by atoms with Crippen LogP contribution in [0.25, 0.3) is 11.0 Å². The summed E-state index contributed by atoms with van der Waals surface area (Å²) in [5.41, 5.74) is 1.81. The number of rotatable bonds is 5. The summed E-state index contributed by atoms with van der Waals surface area (Å²) in [5.74, 6) is 1.86. The van der Waals surface area contributed by atoms with Gasteiger partial charge >= 0.3 is 6.03 Å². The molecule has 2 aromatic rings. The van der Waals surface area contributed by atoms with Gasteiger partial charge in [0.2, 0.25) is 0 Å². The van der Waals surface area contributed by atoms with E-state index in [0.717, 1.165) is 22.6 Å². The SMILES string of the molecule is COc1ccc2nc(CCl)n(CCNC(=O)N(C)C)c2c1. The predicted molar refractivity (Wildman–Crippen MR) is 82.9 cm³/mol. The fraction of sp³-hybridized carbons (Fsp3) is 0.429. The Morgan fingerprint density at radius 3 is 2.86 bits per heavy atom. The average molecular weight is 311 g/mol. The summed E-state index contributed by atoms with van der Waals surface area (Å²) in [7, 11) is 5.04. The van der Waals surface area contributed by atoms with Crippen LogP contribution in [0.3, 0.4) is 0 Å². The zero-order valence-corrected chi connectivity index (χ0v) is 13.1. The Bertz CT molecular complexity index is 639. The molecule has 0 aliphatic heterocycles. The maximum atomic E-state index is 11.5. The molecule has 0 unspecified atom stereocenters. The van der Waals surface area contributed by atoms with Crippen molar-refractivity contribution in [3.63, 3.8) is 0 Å². The molecule has 2 rings (SSSR count). The third kappa shape index (κ3) is 3.39. The number of halogens is 1. The number of aromatic nitrogens is 2. The van der Waals surface area contributed by atoms with Crippen molar-refractivity contribution >= 4 is 28.7 Å². The molecule has 0 aliphatic rings. The topological polar surface area (TPSA) is 59.4 Å². The second kappa shape index (κ2) is 6.67. The number of carbonyl (C=O) groups is 1. The Morgan fingerprint density at radius 1 is 1.48 bits per heavy atom. The lowest BCUT2D eigenvalue weighted by atomic mass is 10.3. The number of nitrogens with zero attached hydrogens (tertiary/aromatic N) is 3. The zero-order valence-electron chi connectivity index (χ0n) is 12.4. The predicted octanol–water partition coefficient (Wildman–Crippen LogP) is 2.05. The number of hydrogen-bond donors (Lipinski definition) is 1. The van der Waals surface area contributed by atoms with Crippen LogP contribution in [0.15, 0.2) is 18.2 Å². The average Bonchev–Trinajstić information content (AvgIpc) is 2.84. The van der Waals surface area contributed by atoms with Gasteiger partial charge in [-0.1, -0.05) is 0 Å². The normalized spacial score (nSPS) is 10.7. The van der Waals surface area contributed by atoms with Gasteiger partial charge in [-0.2, -0.15) is 0 Å². The molecule has 0 fully saturated rings. The Morgan fingerprint density at radius 2 is 2.24 bits per heavy atom. The van der Waals surface area contributed by atoms with E-state index in [1.165, 1.54) is 4.90 Å². The van der Waals surface area contributed by atoms with Gasteiger partial charge in [0.05, 0.1) is 24.0 Å². The standard InChI is InChI=1S/C14H19ClN4O2/c1-18(2)14(20)16-6-7-19-12-8-10(21-3)4-5-11(12)17-13(19)9-15/h4-5,8H,6-7,9H2,1-3H3,(H,16,20). The van der Waals surface area contributed by atoms with Crippen molar-refractivity contribution < 1.29 is 9.53 Å². The van der Waals surface area contributed by atoms with Crippen molar-refractivity contribution in [2.24, 2.45) is 0 Å². The van der Waals surface area contributed by atoms with Crippen LogP contribution in [0.2, 0.25) is 0 Å². The van der Waals surface area contributed by atoms with Crippen LogP contribution in [0.5, 0.6) is 5.75 Å². The molecule has 2 amide bonds. The minimum atomic E-state index is -0.121.